The van der Waals surface area contributed by atoms with Gasteiger partial charge in [-0.05, 0) is 37.0 Å². The van der Waals surface area contributed by atoms with E-state index < -0.39 is 0 Å². The Hall–Kier alpha value is -1.01. The molecule has 1 aliphatic rings. The van der Waals surface area contributed by atoms with Gasteiger partial charge in [-0.1, -0.05) is 15.9 Å². The van der Waals surface area contributed by atoms with Crippen molar-refractivity contribution in [3.05, 3.63) is 28.2 Å². The fraction of sp³-hybridized carbons (Fsp3) is 0.417. The minimum atomic E-state index is 0.402. The van der Waals surface area contributed by atoms with Crippen LogP contribution in [-0.2, 0) is 6.42 Å². The van der Waals surface area contributed by atoms with Crippen LogP contribution in [0, 0.1) is 17.2 Å². The lowest BCUT2D eigenvalue weighted by Crippen LogP contribution is -2.01. The lowest BCUT2D eigenvalue weighted by Gasteiger charge is -2.09. The Morgan fingerprint density at radius 1 is 1.47 bits per heavy atom. The summed E-state index contributed by atoms with van der Waals surface area (Å²) in [6.45, 7) is 0.792. The number of ether oxygens (including phenoxy) is 1. The first kappa shape index (κ1) is 10.5. The van der Waals surface area contributed by atoms with E-state index in [0.717, 1.165) is 28.3 Å². The summed E-state index contributed by atoms with van der Waals surface area (Å²) in [4.78, 5) is 0. The van der Waals surface area contributed by atoms with Gasteiger partial charge in [-0.2, -0.15) is 5.26 Å². The number of halogens is 1. The summed E-state index contributed by atoms with van der Waals surface area (Å²) in [6, 6.07) is 7.98. The zero-order valence-corrected chi connectivity index (χ0v) is 9.96. The SMILES string of the molecule is N#CCc1cc(Br)ccc1OCC1CC1. The van der Waals surface area contributed by atoms with Gasteiger partial charge in [-0.3, -0.25) is 0 Å². The van der Waals surface area contributed by atoms with Crippen molar-refractivity contribution < 1.29 is 4.74 Å². The Balaban J connectivity index is 2.09. The largest absolute Gasteiger partial charge is 0.493 e. The van der Waals surface area contributed by atoms with Gasteiger partial charge in [0.05, 0.1) is 19.1 Å². The van der Waals surface area contributed by atoms with E-state index in [4.69, 9.17) is 10.00 Å². The van der Waals surface area contributed by atoms with Gasteiger partial charge < -0.3 is 4.74 Å². The normalized spacial score (nSPS) is 14.7. The molecule has 1 fully saturated rings. The highest BCUT2D eigenvalue weighted by Gasteiger charge is 2.22. The lowest BCUT2D eigenvalue weighted by atomic mass is 10.1. The van der Waals surface area contributed by atoms with Gasteiger partial charge in [0.2, 0.25) is 0 Å². The maximum atomic E-state index is 8.70. The average molecular weight is 266 g/mol. The van der Waals surface area contributed by atoms with E-state index >= 15 is 0 Å². The van der Waals surface area contributed by atoms with Crippen LogP contribution in [0.25, 0.3) is 0 Å². The predicted molar refractivity (Wildman–Crippen MR) is 61.7 cm³/mol. The molecule has 1 aliphatic carbocycles. The smallest absolute Gasteiger partial charge is 0.123 e. The number of nitriles is 1. The molecule has 0 heterocycles. The van der Waals surface area contributed by atoms with Crippen LogP contribution >= 0.6 is 15.9 Å². The molecule has 0 atom stereocenters. The third kappa shape index (κ3) is 2.97. The number of hydrogen-bond donors (Lipinski definition) is 0. The molecule has 0 saturated heterocycles. The Labute approximate surface area is 98.0 Å². The fourth-order valence-electron chi connectivity index (χ4n) is 1.40. The van der Waals surface area contributed by atoms with Crippen molar-refractivity contribution in [2.24, 2.45) is 5.92 Å². The highest BCUT2D eigenvalue weighted by molar-refractivity contribution is 9.10. The third-order valence-corrected chi connectivity index (χ3v) is 2.96. The topological polar surface area (TPSA) is 33.0 Å². The van der Waals surface area contributed by atoms with Crippen LogP contribution < -0.4 is 4.74 Å². The van der Waals surface area contributed by atoms with Crippen molar-refractivity contribution in [3.8, 4) is 11.8 Å². The zero-order chi connectivity index (χ0) is 10.7. The number of benzene rings is 1. The second-order valence-electron chi connectivity index (χ2n) is 3.84. The first-order valence-electron chi connectivity index (χ1n) is 5.08. The van der Waals surface area contributed by atoms with E-state index in [1.54, 1.807) is 0 Å². The second kappa shape index (κ2) is 4.67. The standard InChI is InChI=1S/C12H12BrNO/c13-11-3-4-12(10(7-11)5-6-14)15-8-9-1-2-9/h3-4,7,9H,1-2,5,8H2. The molecule has 0 unspecified atom stereocenters. The molecule has 1 aromatic rings. The monoisotopic (exact) mass is 265 g/mol. The highest BCUT2D eigenvalue weighted by atomic mass is 79.9. The molecular formula is C12H12BrNO. The van der Waals surface area contributed by atoms with Crippen molar-refractivity contribution in [2.75, 3.05) is 6.61 Å². The molecule has 0 spiro atoms. The van der Waals surface area contributed by atoms with Crippen molar-refractivity contribution in [1.82, 2.24) is 0 Å². The molecule has 15 heavy (non-hydrogen) atoms. The van der Waals surface area contributed by atoms with E-state index in [-0.39, 0.29) is 0 Å². The molecule has 0 N–H and O–H groups in total. The first-order chi connectivity index (χ1) is 7.29. The van der Waals surface area contributed by atoms with Crippen molar-refractivity contribution in [1.29, 1.82) is 5.26 Å². The maximum absolute atomic E-state index is 8.70. The number of hydrogen-bond acceptors (Lipinski definition) is 2. The minimum absolute atomic E-state index is 0.402. The van der Waals surface area contributed by atoms with Gasteiger partial charge >= 0.3 is 0 Å². The quantitative estimate of drug-likeness (QED) is 0.837. The zero-order valence-electron chi connectivity index (χ0n) is 8.37. The molecule has 0 aromatic heterocycles. The van der Waals surface area contributed by atoms with E-state index in [9.17, 15) is 0 Å². The van der Waals surface area contributed by atoms with Crippen molar-refractivity contribution in [3.63, 3.8) is 0 Å². The summed E-state index contributed by atoms with van der Waals surface area (Å²) in [5.74, 6) is 1.59. The molecule has 2 nitrogen and oxygen atoms in total. The molecule has 1 saturated carbocycles. The van der Waals surface area contributed by atoms with Crippen LogP contribution in [0.15, 0.2) is 22.7 Å². The highest BCUT2D eigenvalue weighted by Crippen LogP contribution is 2.31. The Kier molecular flexibility index (Phi) is 3.27. The number of rotatable bonds is 4. The van der Waals surface area contributed by atoms with Gasteiger partial charge in [-0.15, -0.1) is 0 Å². The van der Waals surface area contributed by atoms with Crippen LogP contribution in [0.2, 0.25) is 0 Å². The summed E-state index contributed by atoms with van der Waals surface area (Å²) in [6.07, 6.45) is 2.97. The lowest BCUT2D eigenvalue weighted by molar-refractivity contribution is 0.297. The third-order valence-electron chi connectivity index (χ3n) is 2.46. The molecule has 0 radical (unpaired) electrons. The van der Waals surface area contributed by atoms with Crippen LogP contribution in [0.1, 0.15) is 18.4 Å². The number of nitrogens with zero attached hydrogens (tertiary/aromatic N) is 1. The molecular weight excluding hydrogens is 254 g/mol. The predicted octanol–water partition coefficient (Wildman–Crippen LogP) is 3.30. The van der Waals surface area contributed by atoms with Crippen LogP contribution in [-0.4, -0.2) is 6.61 Å². The fourth-order valence-corrected chi connectivity index (χ4v) is 1.81. The van der Waals surface area contributed by atoms with Crippen LogP contribution in [0.4, 0.5) is 0 Å². The molecule has 78 valence electrons. The Bertz CT molecular complexity index is 393. The maximum Gasteiger partial charge on any atom is 0.123 e. The van der Waals surface area contributed by atoms with Gasteiger partial charge in [0.15, 0.2) is 0 Å². The molecule has 0 amide bonds. The van der Waals surface area contributed by atoms with Gasteiger partial charge in [0.25, 0.3) is 0 Å². The van der Waals surface area contributed by atoms with Gasteiger partial charge in [0.1, 0.15) is 5.75 Å². The molecule has 2 rings (SSSR count). The summed E-state index contributed by atoms with van der Waals surface area (Å²) in [5.41, 5.74) is 0.965. The molecule has 0 aliphatic heterocycles. The Morgan fingerprint density at radius 3 is 2.93 bits per heavy atom. The van der Waals surface area contributed by atoms with E-state index in [2.05, 4.69) is 22.0 Å². The summed E-state index contributed by atoms with van der Waals surface area (Å²) >= 11 is 3.39. The van der Waals surface area contributed by atoms with Crippen LogP contribution in [0.5, 0.6) is 5.75 Å². The second-order valence-corrected chi connectivity index (χ2v) is 4.76. The van der Waals surface area contributed by atoms with Crippen molar-refractivity contribution >= 4 is 15.9 Å². The van der Waals surface area contributed by atoms with Crippen molar-refractivity contribution in [2.45, 2.75) is 19.3 Å². The minimum Gasteiger partial charge on any atom is -0.493 e. The van der Waals surface area contributed by atoms with Crippen LogP contribution in [0.3, 0.4) is 0 Å². The molecule has 1 aromatic carbocycles. The summed E-state index contributed by atoms with van der Waals surface area (Å²) < 4.78 is 6.69. The average Bonchev–Trinajstić information content (AvgIpc) is 3.01. The van der Waals surface area contributed by atoms with Gasteiger partial charge in [0, 0.05) is 10.0 Å². The Morgan fingerprint density at radius 2 is 2.27 bits per heavy atom. The molecule has 0 bridgehead atoms. The van der Waals surface area contributed by atoms with E-state index in [1.807, 2.05) is 18.2 Å². The van der Waals surface area contributed by atoms with E-state index in [1.165, 1.54) is 12.8 Å². The molecule has 3 heteroatoms. The van der Waals surface area contributed by atoms with E-state index in [0.29, 0.717) is 6.42 Å². The first-order valence-corrected chi connectivity index (χ1v) is 5.87. The van der Waals surface area contributed by atoms with Gasteiger partial charge in [-0.25, -0.2) is 0 Å². The summed E-state index contributed by atoms with van der Waals surface area (Å²) in [7, 11) is 0. The summed E-state index contributed by atoms with van der Waals surface area (Å²) in [5, 5.41) is 8.70.